The number of aromatic nitrogens is 1. The van der Waals surface area contributed by atoms with Crippen molar-refractivity contribution < 1.29 is 13.9 Å². The molecular weight excluding hydrogens is 421 g/mol. The van der Waals surface area contributed by atoms with Crippen molar-refractivity contribution in [3.63, 3.8) is 0 Å². The van der Waals surface area contributed by atoms with Crippen molar-refractivity contribution >= 4 is 23.7 Å². The molecule has 2 unspecified atom stereocenters. The number of nitrogens with two attached hydrogens (primary N) is 1. The van der Waals surface area contributed by atoms with Gasteiger partial charge in [-0.2, -0.15) is 0 Å². The number of rotatable bonds is 8. The maximum absolute atomic E-state index is 14.3. The second kappa shape index (κ2) is 9.43. The number of ether oxygens (including phenoxy) is 1. The van der Waals surface area contributed by atoms with Gasteiger partial charge in [0.15, 0.2) is 0 Å². The minimum Gasteiger partial charge on any atom is -0.372 e. The van der Waals surface area contributed by atoms with E-state index in [0.29, 0.717) is 35.1 Å². The van der Waals surface area contributed by atoms with E-state index in [2.05, 4.69) is 15.2 Å². The fourth-order valence-corrected chi connectivity index (χ4v) is 4.29. The summed E-state index contributed by atoms with van der Waals surface area (Å²) in [4.78, 5) is 18.7. The smallest absolute Gasteiger partial charge is 0.248 e. The lowest BCUT2D eigenvalue weighted by atomic mass is 9.98. The lowest BCUT2D eigenvalue weighted by Crippen LogP contribution is -2.56. The molecule has 172 valence electrons. The van der Waals surface area contributed by atoms with Crippen LogP contribution in [-0.2, 0) is 16.1 Å². The number of carbonyl (C=O) groups excluding carboxylic acids is 1. The molecule has 8 heteroatoms. The quantitative estimate of drug-likeness (QED) is 0.366. The number of amides is 1. The number of nitrogens with zero attached hydrogens (tertiary/aromatic N) is 3. The second-order valence-electron chi connectivity index (χ2n) is 8.95. The van der Waals surface area contributed by atoms with Gasteiger partial charge in [0, 0.05) is 67.4 Å². The van der Waals surface area contributed by atoms with Crippen LogP contribution in [0.3, 0.4) is 0 Å². The predicted molar refractivity (Wildman–Crippen MR) is 125 cm³/mol. The van der Waals surface area contributed by atoms with Gasteiger partial charge in [-0.25, -0.2) is 10.2 Å². The lowest BCUT2D eigenvalue weighted by molar-refractivity contribution is -0.182. The van der Waals surface area contributed by atoms with Gasteiger partial charge in [0.2, 0.25) is 5.91 Å². The third kappa shape index (κ3) is 5.47. The number of piperidine rings is 1. The molecule has 2 aromatic rings. The molecule has 3 aliphatic heterocycles. The Bertz CT molecular complexity index is 1050. The number of hydrazine groups is 1. The van der Waals surface area contributed by atoms with E-state index < -0.39 is 5.82 Å². The molecule has 4 heterocycles. The highest BCUT2D eigenvalue weighted by atomic mass is 19.1. The molecule has 1 aromatic carbocycles. The maximum Gasteiger partial charge on any atom is 0.248 e. The Morgan fingerprint density at radius 1 is 1.21 bits per heavy atom. The van der Waals surface area contributed by atoms with Gasteiger partial charge in [-0.1, -0.05) is 12.1 Å². The fraction of sp³-hybridized carbons (Fsp3) is 0.360. The Kier molecular flexibility index (Phi) is 6.22. The van der Waals surface area contributed by atoms with Gasteiger partial charge in [-0.15, -0.1) is 0 Å². The van der Waals surface area contributed by atoms with Crippen LogP contribution in [0.2, 0.25) is 0 Å². The van der Waals surface area contributed by atoms with E-state index >= 15 is 0 Å². The Labute approximate surface area is 192 Å². The normalized spacial score (nSPS) is 22.5. The van der Waals surface area contributed by atoms with E-state index in [9.17, 15) is 9.18 Å². The van der Waals surface area contributed by atoms with Crippen LogP contribution in [0.15, 0.2) is 48.9 Å². The fourth-order valence-electron chi connectivity index (χ4n) is 4.29. The summed E-state index contributed by atoms with van der Waals surface area (Å²) < 4.78 is 20.0. The molecular formula is C25H28FN5O2. The number of benzene rings is 1. The highest BCUT2D eigenvalue weighted by Gasteiger charge is 2.37. The minimum absolute atomic E-state index is 0.298. The first kappa shape index (κ1) is 21.8. The number of nitrogens with one attached hydrogen (secondary N) is 1. The molecule has 2 bridgehead atoms. The summed E-state index contributed by atoms with van der Waals surface area (Å²) >= 11 is 0. The van der Waals surface area contributed by atoms with Crippen molar-refractivity contribution in [2.24, 2.45) is 5.84 Å². The van der Waals surface area contributed by atoms with Gasteiger partial charge < -0.3 is 15.1 Å². The van der Waals surface area contributed by atoms with Crippen LogP contribution in [0.5, 0.6) is 0 Å². The van der Waals surface area contributed by atoms with E-state index in [-0.39, 0.29) is 5.91 Å². The number of halogens is 1. The van der Waals surface area contributed by atoms with Crippen LogP contribution in [0, 0.1) is 5.82 Å². The van der Waals surface area contributed by atoms with Crippen LogP contribution in [-0.4, -0.2) is 52.1 Å². The summed E-state index contributed by atoms with van der Waals surface area (Å²) in [6, 6.07) is 8.17. The third-order valence-electron chi connectivity index (χ3n) is 6.23. The molecule has 4 fully saturated rings. The second-order valence-corrected chi connectivity index (χ2v) is 8.95. The minimum atomic E-state index is -0.467. The van der Waals surface area contributed by atoms with Crippen molar-refractivity contribution in [3.05, 3.63) is 71.4 Å². The van der Waals surface area contributed by atoms with Gasteiger partial charge in [-0.3, -0.25) is 14.7 Å². The zero-order chi connectivity index (χ0) is 22.8. The molecule has 1 aromatic heterocycles. The van der Waals surface area contributed by atoms with Crippen molar-refractivity contribution in [2.75, 3.05) is 18.4 Å². The van der Waals surface area contributed by atoms with E-state index in [1.54, 1.807) is 23.4 Å². The predicted octanol–water partition coefficient (Wildman–Crippen LogP) is 3.15. The molecule has 33 heavy (non-hydrogen) atoms. The monoisotopic (exact) mass is 449 g/mol. The standard InChI is InChI=1S/C25H28FN5O2/c26-24-13-28-12-18(23(24)9-10-31(27)20-6-7-20)3-8-25(32)29-19-4-1-17(2-5-19)14-30-15-21-11-22(16-30)33-21/h1-5,8-10,12-13,20-22H,6-7,11,14-16,27H2,(H,29,32)/b8-3+,10-9+. The third-order valence-corrected chi connectivity index (χ3v) is 6.23. The first-order valence-corrected chi connectivity index (χ1v) is 11.3. The van der Waals surface area contributed by atoms with Crippen LogP contribution in [0.4, 0.5) is 10.1 Å². The molecule has 1 amide bonds. The average Bonchev–Trinajstić information content (AvgIpc) is 3.63. The average molecular weight is 450 g/mol. The topological polar surface area (TPSA) is 83.7 Å². The van der Waals surface area contributed by atoms with Crippen LogP contribution < -0.4 is 11.2 Å². The molecule has 1 aliphatic carbocycles. The van der Waals surface area contributed by atoms with Crippen LogP contribution in [0.1, 0.15) is 36.0 Å². The molecule has 3 saturated heterocycles. The van der Waals surface area contributed by atoms with Gasteiger partial charge >= 0.3 is 0 Å². The van der Waals surface area contributed by atoms with Crippen LogP contribution in [0.25, 0.3) is 12.2 Å². The lowest BCUT2D eigenvalue weighted by Gasteiger charge is -2.47. The van der Waals surface area contributed by atoms with Gasteiger partial charge in [-0.05, 0) is 42.7 Å². The highest BCUT2D eigenvalue weighted by Crippen LogP contribution is 2.29. The van der Waals surface area contributed by atoms with E-state index in [0.717, 1.165) is 38.7 Å². The first-order valence-electron chi connectivity index (χ1n) is 11.3. The molecule has 4 aliphatic rings. The van der Waals surface area contributed by atoms with Gasteiger partial charge in [0.1, 0.15) is 5.82 Å². The maximum atomic E-state index is 14.3. The number of pyridine rings is 1. The summed E-state index contributed by atoms with van der Waals surface area (Å²) in [6.45, 7) is 2.85. The zero-order valence-electron chi connectivity index (χ0n) is 18.4. The van der Waals surface area contributed by atoms with Gasteiger partial charge in [0.05, 0.1) is 18.4 Å². The van der Waals surface area contributed by atoms with Crippen molar-refractivity contribution in [2.45, 2.75) is 44.1 Å². The summed E-state index contributed by atoms with van der Waals surface area (Å²) in [6.07, 6.45) is 12.9. The Hall–Kier alpha value is -3.07. The van der Waals surface area contributed by atoms with E-state index in [4.69, 9.17) is 10.6 Å². The molecule has 6 rings (SSSR count). The molecule has 1 saturated carbocycles. The van der Waals surface area contributed by atoms with Crippen molar-refractivity contribution in [3.8, 4) is 0 Å². The largest absolute Gasteiger partial charge is 0.372 e. The van der Waals surface area contributed by atoms with Gasteiger partial charge in [0.25, 0.3) is 0 Å². The zero-order valence-corrected chi connectivity index (χ0v) is 18.4. The number of morpholine rings is 1. The first-order chi connectivity index (χ1) is 16.0. The summed E-state index contributed by atoms with van der Waals surface area (Å²) in [5.41, 5.74) is 2.76. The summed E-state index contributed by atoms with van der Waals surface area (Å²) in [7, 11) is 0. The molecule has 2 atom stereocenters. The van der Waals surface area contributed by atoms with E-state index in [1.807, 2.05) is 24.3 Å². The number of fused-ring (bicyclic) bond motifs is 2. The molecule has 7 nitrogen and oxygen atoms in total. The molecule has 0 radical (unpaired) electrons. The Morgan fingerprint density at radius 2 is 1.94 bits per heavy atom. The summed E-state index contributed by atoms with van der Waals surface area (Å²) in [5.74, 6) is 5.16. The molecule has 3 N–H and O–H groups in total. The Balaban J connectivity index is 1.18. The SMILES string of the molecule is NN(/C=C/c1c(F)cncc1/C=C/C(=O)Nc1ccc(CN2CC3CC(C2)O3)cc1)C1CC1. The molecule has 0 spiro atoms. The number of hydrogen-bond donors (Lipinski definition) is 2. The number of hydrogen-bond acceptors (Lipinski definition) is 6. The number of anilines is 1. The van der Waals surface area contributed by atoms with E-state index in [1.165, 1.54) is 24.3 Å². The number of carbonyl (C=O) groups is 1. The summed E-state index contributed by atoms with van der Waals surface area (Å²) in [5, 5.41) is 4.43. The highest BCUT2D eigenvalue weighted by molar-refractivity contribution is 6.02. The van der Waals surface area contributed by atoms with Crippen LogP contribution >= 0.6 is 0 Å². The Morgan fingerprint density at radius 3 is 2.64 bits per heavy atom. The van der Waals surface area contributed by atoms with Crippen molar-refractivity contribution in [1.29, 1.82) is 0 Å². The van der Waals surface area contributed by atoms with Crippen molar-refractivity contribution in [1.82, 2.24) is 14.9 Å².